The summed E-state index contributed by atoms with van der Waals surface area (Å²) in [5.41, 5.74) is 2.01. The molecule has 1 fully saturated rings. The number of aromatic nitrogens is 5. The van der Waals surface area contributed by atoms with Gasteiger partial charge < -0.3 is 25.2 Å². The van der Waals surface area contributed by atoms with Crippen LogP contribution in [-0.2, 0) is 42.2 Å². The van der Waals surface area contributed by atoms with Crippen molar-refractivity contribution in [3.05, 3.63) is 72.2 Å². The van der Waals surface area contributed by atoms with Crippen molar-refractivity contribution >= 4 is 29.1 Å². The zero-order valence-corrected chi connectivity index (χ0v) is 24.9. The van der Waals surface area contributed by atoms with E-state index < -0.39 is 5.97 Å². The average molecular weight is 595 g/mol. The van der Waals surface area contributed by atoms with Crippen LogP contribution >= 0.6 is 0 Å². The van der Waals surface area contributed by atoms with E-state index >= 15 is 0 Å². The third kappa shape index (κ3) is 7.05. The fourth-order valence-electron chi connectivity index (χ4n) is 3.90. The van der Waals surface area contributed by atoms with Crippen LogP contribution < -0.4 is 15.4 Å². The summed E-state index contributed by atoms with van der Waals surface area (Å²) in [5, 5.41) is 27.6. The van der Waals surface area contributed by atoms with Crippen LogP contribution in [0.15, 0.2) is 60.9 Å². The molecule has 0 atom stereocenters. The molecule has 0 bridgehead atoms. The molecule has 40 heavy (non-hydrogen) atoms. The Labute approximate surface area is 242 Å². The van der Waals surface area contributed by atoms with E-state index in [4.69, 9.17) is 9.47 Å². The summed E-state index contributed by atoms with van der Waals surface area (Å²) in [5.74, 6) is -0.471. The maximum atomic E-state index is 12.2. The summed E-state index contributed by atoms with van der Waals surface area (Å²) in [6, 6.07) is 16.7. The summed E-state index contributed by atoms with van der Waals surface area (Å²) >= 11 is 0. The normalized spacial score (nSPS) is 12.3. The molecule has 1 aliphatic carbocycles. The molecular weight excluding hydrogens is 568 g/mol. The van der Waals surface area contributed by atoms with Crippen LogP contribution in [0.2, 0.25) is 0 Å². The van der Waals surface area contributed by atoms with Crippen molar-refractivity contribution in [1.29, 1.82) is 0 Å². The number of ether oxygens (including phenoxy) is 2. The van der Waals surface area contributed by atoms with E-state index in [1.54, 1.807) is 29.2 Å². The molecule has 2 aromatic heterocycles. The molecule has 1 aliphatic rings. The van der Waals surface area contributed by atoms with Crippen LogP contribution in [0.25, 0.3) is 11.4 Å². The molecule has 0 unspecified atom stereocenters. The number of methoxy groups -OCH3 is 1. The number of aromatic carboxylic acids is 1. The Kier molecular flexibility index (Phi) is 9.52. The number of rotatable bonds is 12. The van der Waals surface area contributed by atoms with Gasteiger partial charge in [-0.05, 0) is 30.5 Å². The quantitative estimate of drug-likeness (QED) is 0.163. The number of carboxylic acid groups (broad SMARTS) is 1. The third-order valence-corrected chi connectivity index (χ3v) is 6.04. The molecule has 4 aromatic rings. The second-order valence-electron chi connectivity index (χ2n) is 8.94. The second kappa shape index (κ2) is 13.2. The number of benzene rings is 2. The van der Waals surface area contributed by atoms with Gasteiger partial charge in [-0.25, -0.2) is 9.78 Å². The molecule has 5 rings (SSSR count). The van der Waals surface area contributed by atoms with E-state index in [0.717, 1.165) is 18.4 Å². The minimum atomic E-state index is -1.27. The number of amides is 1. The fourth-order valence-corrected chi connectivity index (χ4v) is 3.90. The van der Waals surface area contributed by atoms with Gasteiger partial charge in [0.15, 0.2) is 23.1 Å². The van der Waals surface area contributed by atoms with Crippen LogP contribution in [0, 0.1) is 5.92 Å². The maximum absolute atomic E-state index is 12.2. The van der Waals surface area contributed by atoms with E-state index in [1.807, 2.05) is 30.3 Å². The summed E-state index contributed by atoms with van der Waals surface area (Å²) < 4.78 is 13.1. The van der Waals surface area contributed by atoms with Gasteiger partial charge in [-0.3, -0.25) is 9.48 Å². The monoisotopic (exact) mass is 593 g/mol. The predicted octanol–water partition coefficient (Wildman–Crippen LogP) is 3.75. The van der Waals surface area contributed by atoms with E-state index in [-0.39, 0.29) is 48.5 Å². The topological polar surface area (TPSA) is 153 Å². The van der Waals surface area contributed by atoms with Crippen molar-refractivity contribution in [2.75, 3.05) is 24.4 Å². The largest absolute Gasteiger partial charge is 0.494 e. The molecule has 2 heterocycles. The van der Waals surface area contributed by atoms with Gasteiger partial charge in [-0.1, -0.05) is 36.4 Å². The zero-order chi connectivity index (χ0) is 27.2. The van der Waals surface area contributed by atoms with Gasteiger partial charge in [0.25, 0.3) is 0 Å². The van der Waals surface area contributed by atoms with Crippen LogP contribution in [0.1, 0.15) is 28.9 Å². The Morgan fingerprint density at radius 2 is 1.88 bits per heavy atom. The second-order valence-corrected chi connectivity index (χ2v) is 8.94. The van der Waals surface area contributed by atoms with Crippen LogP contribution in [0.4, 0.5) is 17.2 Å². The average Bonchev–Trinajstić information content (AvgIpc) is 3.70. The van der Waals surface area contributed by atoms with Crippen molar-refractivity contribution in [2.45, 2.75) is 26.0 Å². The first kappa shape index (κ1) is 28.8. The predicted molar refractivity (Wildman–Crippen MR) is 142 cm³/mol. The molecule has 0 saturated heterocycles. The summed E-state index contributed by atoms with van der Waals surface area (Å²) in [4.78, 5) is 28.4. The number of anilines is 3. The Morgan fingerprint density at radius 3 is 2.60 bits per heavy atom. The number of carbonyl (C=O) groups is 2. The van der Waals surface area contributed by atoms with E-state index in [1.165, 1.54) is 13.2 Å². The number of para-hydroxylation sites is 1. The smallest absolute Gasteiger partial charge is 0.358 e. The van der Waals surface area contributed by atoms with Crippen molar-refractivity contribution in [3.8, 4) is 17.1 Å². The van der Waals surface area contributed by atoms with E-state index in [9.17, 15) is 14.7 Å². The number of carbonyl (C=O) groups excluding carboxylic acids is 1. The van der Waals surface area contributed by atoms with Gasteiger partial charge in [-0.2, -0.15) is 5.10 Å². The van der Waals surface area contributed by atoms with E-state index in [2.05, 4.69) is 30.9 Å². The summed E-state index contributed by atoms with van der Waals surface area (Å²) in [6.45, 7) is 1.49. The molecule has 0 radical (unpaired) electrons. The zero-order valence-electron chi connectivity index (χ0n) is 21.9. The molecule has 0 aliphatic heterocycles. The summed E-state index contributed by atoms with van der Waals surface area (Å²) in [7, 11) is 1.50. The van der Waals surface area contributed by atoms with Gasteiger partial charge in [0.1, 0.15) is 6.33 Å². The SMILES string of the molecule is COc1c(Nc2cc(NC(=O)C3CC3)nnc2C(=O)O)cccc1-c1ncn(CCOCc2ccccc2)n1.[Zn]. The molecular formula is C27H27N7O5Zn. The standard InChI is InChI=1S/C27H27N7O5.Zn/c1-38-24-19(25-28-16-34(33-25)12-13-39-15-17-6-3-2-4-7-17)8-5-9-20(24)29-21-14-22(30-26(35)18-10-11-18)31-32-23(21)27(36)37;/h2-9,14,16,18H,10-13,15H2,1H3,(H,36,37)(H2,29,30,31,35);. The molecule has 3 N–H and O–H groups in total. The minimum absolute atomic E-state index is 0. The van der Waals surface area contributed by atoms with Gasteiger partial charge in [0, 0.05) is 31.5 Å². The Hall–Kier alpha value is -4.22. The van der Waals surface area contributed by atoms with Crippen LogP contribution in [-0.4, -0.2) is 55.7 Å². The Morgan fingerprint density at radius 1 is 1.07 bits per heavy atom. The van der Waals surface area contributed by atoms with Gasteiger partial charge in [0.2, 0.25) is 5.91 Å². The van der Waals surface area contributed by atoms with E-state index in [0.29, 0.717) is 42.6 Å². The number of hydrogen-bond donors (Lipinski definition) is 3. The molecule has 12 nitrogen and oxygen atoms in total. The molecule has 1 saturated carbocycles. The van der Waals surface area contributed by atoms with Crippen molar-refractivity contribution in [3.63, 3.8) is 0 Å². The van der Waals surface area contributed by atoms with Gasteiger partial charge >= 0.3 is 5.97 Å². The molecule has 13 heteroatoms. The Bertz CT molecular complexity index is 1480. The molecule has 202 valence electrons. The maximum Gasteiger partial charge on any atom is 0.358 e. The first-order valence-electron chi connectivity index (χ1n) is 12.4. The van der Waals surface area contributed by atoms with Crippen LogP contribution in [0.3, 0.4) is 0 Å². The molecule has 0 spiro atoms. The van der Waals surface area contributed by atoms with Crippen molar-refractivity contribution in [2.24, 2.45) is 5.92 Å². The number of nitrogens with zero attached hydrogens (tertiary/aromatic N) is 5. The molecule has 2 aromatic carbocycles. The number of hydrogen-bond acceptors (Lipinski definition) is 9. The third-order valence-electron chi connectivity index (χ3n) is 6.04. The number of carboxylic acids is 1. The fraction of sp³-hybridized carbons (Fsp3) is 0.259. The minimum Gasteiger partial charge on any atom is -0.494 e. The van der Waals surface area contributed by atoms with Crippen molar-refractivity contribution in [1.82, 2.24) is 25.0 Å². The van der Waals surface area contributed by atoms with Gasteiger partial charge in [0.05, 0.1) is 43.8 Å². The Balaban J connectivity index is 0.00000370. The van der Waals surface area contributed by atoms with Gasteiger partial charge in [-0.15, -0.1) is 10.2 Å². The summed E-state index contributed by atoms with van der Waals surface area (Å²) in [6.07, 6.45) is 3.27. The van der Waals surface area contributed by atoms with Crippen molar-refractivity contribution < 1.29 is 43.6 Å². The van der Waals surface area contributed by atoms with Crippen LogP contribution in [0.5, 0.6) is 5.75 Å². The molecule has 1 amide bonds. The first-order valence-corrected chi connectivity index (χ1v) is 12.4. The first-order chi connectivity index (χ1) is 19.0. The number of nitrogens with one attached hydrogen (secondary N) is 2.